The number of hydrogen-bond donors (Lipinski definition) is 2. The third kappa shape index (κ3) is 5.29. The van der Waals surface area contributed by atoms with Crippen molar-refractivity contribution < 1.29 is 40.6 Å². The number of benzene rings is 2. The lowest BCUT2D eigenvalue weighted by atomic mass is 10.2. The number of sulfone groups is 1. The summed E-state index contributed by atoms with van der Waals surface area (Å²) in [5.74, 6) is -3.74. The van der Waals surface area contributed by atoms with Gasteiger partial charge in [0, 0.05) is 18.0 Å². The SMILES string of the molecule is CS(=O)(=O)c1cccc(NC(=O)c2cc(C(F)(F)F)nnc2Oc2ccc(F)cc2O)c1. The van der Waals surface area contributed by atoms with Crippen molar-refractivity contribution >= 4 is 21.4 Å². The van der Waals surface area contributed by atoms with Gasteiger partial charge in [-0.15, -0.1) is 10.2 Å². The minimum absolute atomic E-state index is 0.0288. The number of aromatic hydroxyl groups is 1. The summed E-state index contributed by atoms with van der Waals surface area (Å²) in [6.45, 7) is 0. The molecule has 3 rings (SSSR count). The van der Waals surface area contributed by atoms with Gasteiger partial charge < -0.3 is 15.2 Å². The van der Waals surface area contributed by atoms with Gasteiger partial charge in [-0.25, -0.2) is 12.8 Å². The molecule has 2 N–H and O–H groups in total. The number of ether oxygens (including phenoxy) is 1. The zero-order valence-corrected chi connectivity index (χ0v) is 16.8. The Morgan fingerprint density at radius 2 is 1.81 bits per heavy atom. The van der Waals surface area contributed by atoms with E-state index in [4.69, 9.17) is 4.74 Å². The van der Waals surface area contributed by atoms with Gasteiger partial charge in [0.2, 0.25) is 0 Å². The minimum Gasteiger partial charge on any atom is -0.504 e. The summed E-state index contributed by atoms with van der Waals surface area (Å²) in [4.78, 5) is 12.6. The van der Waals surface area contributed by atoms with Gasteiger partial charge in [-0.3, -0.25) is 4.79 Å². The standard InChI is InChI=1S/C19H13F4N3O5S/c1-32(29,30)12-4-2-3-11(8-12)24-17(28)13-9-16(19(21,22)23)25-26-18(13)31-15-6-5-10(20)7-14(15)27/h2-9,27H,1H3,(H,24,28). The Morgan fingerprint density at radius 3 is 2.44 bits per heavy atom. The maximum atomic E-state index is 13.2. The maximum Gasteiger partial charge on any atom is 0.435 e. The number of anilines is 1. The molecule has 1 heterocycles. The van der Waals surface area contributed by atoms with Gasteiger partial charge in [0.05, 0.1) is 4.90 Å². The van der Waals surface area contributed by atoms with E-state index in [1.54, 1.807) is 0 Å². The molecule has 8 nitrogen and oxygen atoms in total. The first-order valence-electron chi connectivity index (χ1n) is 8.57. The summed E-state index contributed by atoms with van der Waals surface area (Å²) in [5, 5.41) is 18.3. The number of phenolic OH excluding ortho intramolecular Hbond substituents is 1. The number of hydrogen-bond acceptors (Lipinski definition) is 7. The smallest absolute Gasteiger partial charge is 0.435 e. The molecule has 0 aliphatic carbocycles. The number of carbonyl (C=O) groups is 1. The Hall–Kier alpha value is -3.74. The molecule has 0 saturated heterocycles. The monoisotopic (exact) mass is 471 g/mol. The van der Waals surface area contributed by atoms with Crippen LogP contribution in [-0.4, -0.2) is 35.9 Å². The summed E-state index contributed by atoms with van der Waals surface area (Å²) in [6, 6.07) is 7.96. The first-order valence-corrected chi connectivity index (χ1v) is 10.5. The lowest BCUT2D eigenvalue weighted by Crippen LogP contribution is -2.18. The van der Waals surface area contributed by atoms with E-state index in [-0.39, 0.29) is 10.6 Å². The molecule has 0 saturated carbocycles. The largest absolute Gasteiger partial charge is 0.504 e. The Morgan fingerprint density at radius 1 is 1.09 bits per heavy atom. The van der Waals surface area contributed by atoms with Gasteiger partial charge in [-0.2, -0.15) is 13.2 Å². The van der Waals surface area contributed by atoms with E-state index < -0.39 is 56.4 Å². The van der Waals surface area contributed by atoms with Crippen molar-refractivity contribution in [3.63, 3.8) is 0 Å². The van der Waals surface area contributed by atoms with E-state index in [9.17, 15) is 35.9 Å². The van der Waals surface area contributed by atoms with Crippen LogP contribution in [0.5, 0.6) is 17.4 Å². The quantitative estimate of drug-likeness (QED) is 0.544. The number of phenols is 1. The van der Waals surface area contributed by atoms with Crippen LogP contribution in [0, 0.1) is 5.82 Å². The Bertz CT molecular complexity index is 1300. The highest BCUT2D eigenvalue weighted by Crippen LogP contribution is 2.34. The van der Waals surface area contributed by atoms with Crippen LogP contribution < -0.4 is 10.1 Å². The number of carbonyl (C=O) groups excluding carboxylic acids is 1. The molecule has 32 heavy (non-hydrogen) atoms. The Labute approximate surface area is 178 Å². The number of aromatic nitrogens is 2. The fraction of sp³-hybridized carbons (Fsp3) is 0.105. The average Bonchev–Trinajstić information content (AvgIpc) is 2.69. The topological polar surface area (TPSA) is 118 Å². The number of nitrogens with zero attached hydrogens (tertiary/aromatic N) is 2. The van der Waals surface area contributed by atoms with Crippen LogP contribution in [0.1, 0.15) is 16.1 Å². The van der Waals surface area contributed by atoms with E-state index in [2.05, 4.69) is 15.5 Å². The third-order valence-electron chi connectivity index (χ3n) is 3.94. The molecule has 0 atom stereocenters. The van der Waals surface area contributed by atoms with Gasteiger partial charge in [-0.05, 0) is 36.4 Å². The highest BCUT2D eigenvalue weighted by atomic mass is 32.2. The van der Waals surface area contributed by atoms with E-state index in [1.807, 2.05) is 0 Å². The van der Waals surface area contributed by atoms with Gasteiger partial charge in [0.25, 0.3) is 11.8 Å². The molecular formula is C19H13F4N3O5S. The van der Waals surface area contributed by atoms with Crippen LogP contribution >= 0.6 is 0 Å². The summed E-state index contributed by atoms with van der Waals surface area (Å²) < 4.78 is 81.0. The number of nitrogens with one attached hydrogen (secondary N) is 1. The predicted octanol–water partition coefficient (Wildman–Crippen LogP) is 3.79. The maximum absolute atomic E-state index is 13.2. The Kier molecular flexibility index (Phi) is 6.03. The van der Waals surface area contributed by atoms with Crippen LogP contribution in [0.25, 0.3) is 0 Å². The fourth-order valence-electron chi connectivity index (χ4n) is 2.44. The Balaban J connectivity index is 2.01. The highest BCUT2D eigenvalue weighted by molar-refractivity contribution is 7.90. The molecule has 0 radical (unpaired) electrons. The van der Waals surface area contributed by atoms with Crippen LogP contribution in [0.3, 0.4) is 0 Å². The molecule has 3 aromatic rings. The van der Waals surface area contributed by atoms with Gasteiger partial charge in [0.15, 0.2) is 27.0 Å². The van der Waals surface area contributed by atoms with Gasteiger partial charge in [0.1, 0.15) is 11.4 Å². The second kappa shape index (κ2) is 8.42. The van der Waals surface area contributed by atoms with Gasteiger partial charge >= 0.3 is 6.18 Å². The molecule has 1 aromatic heterocycles. The summed E-state index contributed by atoms with van der Waals surface area (Å²) in [7, 11) is -3.61. The number of rotatable bonds is 5. The molecule has 1 amide bonds. The number of alkyl halides is 3. The lowest BCUT2D eigenvalue weighted by molar-refractivity contribution is -0.141. The zero-order valence-electron chi connectivity index (χ0n) is 16.0. The third-order valence-corrected chi connectivity index (χ3v) is 5.05. The van der Waals surface area contributed by atoms with Crippen LogP contribution in [0.15, 0.2) is 53.4 Å². The molecular weight excluding hydrogens is 458 g/mol. The molecule has 168 valence electrons. The zero-order chi connectivity index (χ0) is 23.7. The molecule has 0 aliphatic heterocycles. The second-order valence-electron chi connectivity index (χ2n) is 6.41. The van der Waals surface area contributed by atoms with Crippen molar-refractivity contribution in [3.8, 4) is 17.4 Å². The number of amides is 1. The molecule has 0 spiro atoms. The first-order chi connectivity index (χ1) is 14.8. The summed E-state index contributed by atoms with van der Waals surface area (Å²) in [6.07, 6.45) is -3.99. The van der Waals surface area contributed by atoms with E-state index in [1.165, 1.54) is 18.2 Å². The summed E-state index contributed by atoms with van der Waals surface area (Å²) in [5.41, 5.74) is -2.25. The van der Waals surface area contributed by atoms with Crippen molar-refractivity contribution in [2.24, 2.45) is 0 Å². The lowest BCUT2D eigenvalue weighted by Gasteiger charge is -2.13. The minimum atomic E-state index is -4.94. The molecule has 0 bridgehead atoms. The van der Waals surface area contributed by atoms with Crippen LogP contribution in [0.4, 0.5) is 23.2 Å². The van der Waals surface area contributed by atoms with Gasteiger partial charge in [-0.1, -0.05) is 6.07 Å². The molecule has 2 aromatic carbocycles. The normalized spacial score (nSPS) is 11.8. The highest BCUT2D eigenvalue weighted by Gasteiger charge is 2.35. The van der Waals surface area contributed by atoms with Crippen molar-refractivity contribution in [3.05, 3.63) is 65.6 Å². The van der Waals surface area contributed by atoms with E-state index >= 15 is 0 Å². The van der Waals surface area contributed by atoms with E-state index in [0.29, 0.717) is 12.1 Å². The van der Waals surface area contributed by atoms with Crippen molar-refractivity contribution in [2.75, 3.05) is 11.6 Å². The molecule has 0 unspecified atom stereocenters. The molecule has 13 heteroatoms. The predicted molar refractivity (Wildman–Crippen MR) is 103 cm³/mol. The van der Waals surface area contributed by atoms with Crippen molar-refractivity contribution in [2.45, 2.75) is 11.1 Å². The summed E-state index contributed by atoms with van der Waals surface area (Å²) >= 11 is 0. The number of halogens is 4. The first kappa shape index (κ1) is 22.9. The molecule has 0 fully saturated rings. The van der Waals surface area contributed by atoms with Crippen LogP contribution in [-0.2, 0) is 16.0 Å². The van der Waals surface area contributed by atoms with E-state index in [0.717, 1.165) is 24.5 Å². The molecule has 0 aliphatic rings. The van der Waals surface area contributed by atoms with Crippen molar-refractivity contribution in [1.82, 2.24) is 10.2 Å². The van der Waals surface area contributed by atoms with Crippen LogP contribution in [0.2, 0.25) is 0 Å². The fourth-order valence-corrected chi connectivity index (χ4v) is 3.11. The van der Waals surface area contributed by atoms with Crippen molar-refractivity contribution in [1.29, 1.82) is 0 Å². The average molecular weight is 471 g/mol. The second-order valence-corrected chi connectivity index (χ2v) is 8.43.